The summed E-state index contributed by atoms with van der Waals surface area (Å²) >= 11 is 1.38. The van der Waals surface area contributed by atoms with Crippen molar-refractivity contribution in [2.45, 2.75) is 6.92 Å². The van der Waals surface area contributed by atoms with Crippen molar-refractivity contribution in [1.82, 2.24) is 0 Å². The van der Waals surface area contributed by atoms with Crippen molar-refractivity contribution >= 4 is 23.3 Å². The lowest BCUT2D eigenvalue weighted by Gasteiger charge is -1.86. The van der Waals surface area contributed by atoms with Gasteiger partial charge in [0.05, 0.1) is 10.6 Å². The number of carbonyl (C=O) groups excluding carboxylic acids is 1. The average molecular weight is 187 g/mol. The Bertz CT molecular complexity index is 245. The highest BCUT2D eigenvalue weighted by molar-refractivity contribution is 7.12. The van der Waals surface area contributed by atoms with Gasteiger partial charge in [0, 0.05) is 14.2 Å². The van der Waals surface area contributed by atoms with Crippen LogP contribution >= 0.6 is 11.3 Å². The Hall–Kier alpha value is -0.870. The summed E-state index contributed by atoms with van der Waals surface area (Å²) in [6, 6.07) is 0. The van der Waals surface area contributed by atoms with E-state index in [2.05, 4.69) is 4.74 Å². The van der Waals surface area contributed by atoms with Crippen LogP contribution in [-0.2, 0) is 4.74 Å². The molecule has 1 rings (SSSR count). The summed E-state index contributed by atoms with van der Waals surface area (Å²) < 4.78 is 4.25. The third-order valence-electron chi connectivity index (χ3n) is 1.16. The molecular weight excluding hydrogens is 174 g/mol. The van der Waals surface area contributed by atoms with Crippen LogP contribution in [0, 0.1) is 6.92 Å². The Kier molecular flexibility index (Phi) is 5.32. The molecule has 12 heavy (non-hydrogen) atoms. The number of hydrogen-bond acceptors (Lipinski definition) is 4. The van der Waals surface area contributed by atoms with Gasteiger partial charge in [0.15, 0.2) is 6.29 Å². The second-order valence-electron chi connectivity index (χ2n) is 2.22. The molecule has 0 aromatic carbocycles. The highest BCUT2D eigenvalue weighted by Crippen LogP contribution is 2.21. The third kappa shape index (κ3) is 3.02. The zero-order valence-electron chi connectivity index (χ0n) is 7.46. The molecule has 0 unspecified atom stereocenters. The van der Waals surface area contributed by atoms with E-state index in [0.29, 0.717) is 10.6 Å². The third-order valence-corrected chi connectivity index (χ3v) is 2.20. The van der Waals surface area contributed by atoms with Gasteiger partial charge in [-0.3, -0.25) is 4.79 Å². The highest BCUT2D eigenvalue weighted by Gasteiger charge is 2.01. The summed E-state index contributed by atoms with van der Waals surface area (Å²) in [4.78, 5) is 10.8. The average Bonchev–Trinajstić information content (AvgIpc) is 2.35. The maximum Gasteiger partial charge on any atom is 0.162 e. The normalized spacial score (nSPS) is 8.58. The minimum Gasteiger partial charge on any atom is -0.397 e. The van der Waals surface area contributed by atoms with Crippen molar-refractivity contribution in [3.8, 4) is 0 Å². The standard InChI is InChI=1S/C6H7NOS.C2H6O/c1-4-3-9-5(2-8)6(4)7;1-3-2/h2-3H,7H2,1H3;1-2H3. The van der Waals surface area contributed by atoms with Crippen LogP contribution in [0.5, 0.6) is 0 Å². The number of carbonyl (C=O) groups is 1. The van der Waals surface area contributed by atoms with Gasteiger partial charge in [-0.05, 0) is 17.9 Å². The number of rotatable bonds is 1. The van der Waals surface area contributed by atoms with Crippen LogP contribution < -0.4 is 5.73 Å². The Labute approximate surface area is 76.2 Å². The molecule has 0 aliphatic rings. The lowest BCUT2D eigenvalue weighted by molar-refractivity contribution is 0.112. The smallest absolute Gasteiger partial charge is 0.162 e. The molecular formula is C8H13NO2S. The quantitative estimate of drug-likeness (QED) is 0.681. The summed E-state index contributed by atoms with van der Waals surface area (Å²) in [6.07, 6.45) is 0.785. The van der Waals surface area contributed by atoms with E-state index < -0.39 is 0 Å². The second-order valence-corrected chi connectivity index (χ2v) is 3.13. The Morgan fingerprint density at radius 3 is 2.25 bits per heavy atom. The number of hydrogen-bond donors (Lipinski definition) is 1. The minimum absolute atomic E-state index is 0.620. The Balaban J connectivity index is 0.000000354. The number of thiophene rings is 1. The molecule has 0 amide bonds. The maximum atomic E-state index is 10.2. The van der Waals surface area contributed by atoms with Crippen molar-refractivity contribution in [1.29, 1.82) is 0 Å². The van der Waals surface area contributed by atoms with Crippen LogP contribution in [0.1, 0.15) is 15.2 Å². The molecule has 68 valence electrons. The van der Waals surface area contributed by atoms with E-state index in [1.165, 1.54) is 11.3 Å². The number of aryl methyl sites for hydroxylation is 1. The molecule has 4 heteroatoms. The van der Waals surface area contributed by atoms with Gasteiger partial charge >= 0.3 is 0 Å². The second kappa shape index (κ2) is 5.74. The fourth-order valence-corrected chi connectivity index (χ4v) is 1.34. The van der Waals surface area contributed by atoms with Gasteiger partial charge < -0.3 is 10.5 Å². The van der Waals surface area contributed by atoms with Crippen LogP contribution in [0.15, 0.2) is 5.38 Å². The first-order valence-corrected chi connectivity index (χ1v) is 4.24. The summed E-state index contributed by atoms with van der Waals surface area (Å²) in [7, 11) is 3.25. The Morgan fingerprint density at radius 1 is 1.58 bits per heavy atom. The largest absolute Gasteiger partial charge is 0.397 e. The predicted molar refractivity (Wildman–Crippen MR) is 51.8 cm³/mol. The van der Waals surface area contributed by atoms with Crippen molar-refractivity contribution in [2.24, 2.45) is 0 Å². The first-order valence-electron chi connectivity index (χ1n) is 3.36. The fourth-order valence-electron chi connectivity index (χ4n) is 0.564. The topological polar surface area (TPSA) is 52.3 Å². The lowest BCUT2D eigenvalue weighted by atomic mass is 10.3. The number of methoxy groups -OCH3 is 1. The summed E-state index contributed by atoms with van der Waals surface area (Å²) in [5.74, 6) is 0. The fraction of sp³-hybridized carbons (Fsp3) is 0.375. The van der Waals surface area contributed by atoms with Crippen LogP contribution in [0.3, 0.4) is 0 Å². The van der Waals surface area contributed by atoms with Gasteiger partial charge in [0.25, 0.3) is 0 Å². The van der Waals surface area contributed by atoms with Gasteiger partial charge in [0.2, 0.25) is 0 Å². The summed E-state index contributed by atoms with van der Waals surface area (Å²) in [6.45, 7) is 1.89. The minimum atomic E-state index is 0.620. The molecule has 0 bridgehead atoms. The van der Waals surface area contributed by atoms with Gasteiger partial charge in [0.1, 0.15) is 0 Å². The molecule has 0 atom stereocenters. The van der Waals surface area contributed by atoms with Crippen molar-refractivity contribution < 1.29 is 9.53 Å². The number of ether oxygens (including phenoxy) is 1. The molecule has 0 fully saturated rings. The van der Waals surface area contributed by atoms with E-state index in [-0.39, 0.29) is 0 Å². The first-order chi connectivity index (χ1) is 5.67. The van der Waals surface area contributed by atoms with E-state index in [9.17, 15) is 4.79 Å². The van der Waals surface area contributed by atoms with E-state index >= 15 is 0 Å². The summed E-state index contributed by atoms with van der Waals surface area (Å²) in [5, 5.41) is 1.87. The number of aldehydes is 1. The molecule has 0 aliphatic carbocycles. The van der Waals surface area contributed by atoms with Crippen LogP contribution in [0.25, 0.3) is 0 Å². The monoisotopic (exact) mass is 187 g/mol. The molecule has 0 spiro atoms. The van der Waals surface area contributed by atoms with Crippen molar-refractivity contribution in [2.75, 3.05) is 20.0 Å². The first kappa shape index (κ1) is 11.1. The Morgan fingerprint density at radius 2 is 2.08 bits per heavy atom. The van der Waals surface area contributed by atoms with E-state index in [4.69, 9.17) is 5.73 Å². The van der Waals surface area contributed by atoms with Crippen LogP contribution in [0.2, 0.25) is 0 Å². The lowest BCUT2D eigenvalue weighted by Crippen LogP contribution is -1.87. The number of anilines is 1. The molecule has 3 nitrogen and oxygen atoms in total. The number of nitrogen functional groups attached to an aromatic ring is 1. The molecule has 1 aromatic rings. The van der Waals surface area contributed by atoms with E-state index in [1.807, 2.05) is 12.3 Å². The summed E-state index contributed by atoms with van der Waals surface area (Å²) in [5.41, 5.74) is 7.10. The van der Waals surface area contributed by atoms with Crippen molar-refractivity contribution in [3.63, 3.8) is 0 Å². The molecule has 1 heterocycles. The number of nitrogens with two attached hydrogens (primary N) is 1. The van der Waals surface area contributed by atoms with Crippen LogP contribution in [0.4, 0.5) is 5.69 Å². The maximum absolute atomic E-state index is 10.2. The zero-order valence-corrected chi connectivity index (χ0v) is 8.27. The SMILES string of the molecule is COC.Cc1csc(C=O)c1N. The molecule has 1 aromatic heterocycles. The molecule has 2 N–H and O–H groups in total. The predicted octanol–water partition coefficient (Wildman–Crippen LogP) is 1.71. The van der Waals surface area contributed by atoms with E-state index in [1.54, 1.807) is 14.2 Å². The zero-order chi connectivity index (χ0) is 9.56. The van der Waals surface area contributed by atoms with Gasteiger partial charge in [-0.1, -0.05) is 0 Å². The van der Waals surface area contributed by atoms with Crippen molar-refractivity contribution in [3.05, 3.63) is 15.8 Å². The van der Waals surface area contributed by atoms with Gasteiger partial charge in [-0.25, -0.2) is 0 Å². The van der Waals surface area contributed by atoms with E-state index in [0.717, 1.165) is 11.8 Å². The molecule has 0 saturated carbocycles. The molecule has 0 saturated heterocycles. The van der Waals surface area contributed by atoms with Gasteiger partial charge in [-0.2, -0.15) is 0 Å². The van der Waals surface area contributed by atoms with Crippen LogP contribution in [-0.4, -0.2) is 20.5 Å². The van der Waals surface area contributed by atoms with Gasteiger partial charge in [-0.15, -0.1) is 11.3 Å². The molecule has 0 aliphatic heterocycles. The highest BCUT2D eigenvalue weighted by atomic mass is 32.1. The molecule has 0 radical (unpaired) electrons.